The molecule has 11 rings (SSSR count). The van der Waals surface area contributed by atoms with E-state index in [0.717, 1.165) is 17.1 Å². The van der Waals surface area contributed by atoms with Crippen LogP contribution in [0.2, 0.25) is 0 Å². The van der Waals surface area contributed by atoms with Crippen molar-refractivity contribution in [2.24, 2.45) is 0 Å². The molecule has 0 radical (unpaired) electrons. The molecule has 9 aromatic carbocycles. The minimum Gasteiger partial charge on any atom is -0.309 e. The van der Waals surface area contributed by atoms with Gasteiger partial charge in [0, 0.05) is 48.9 Å². The highest BCUT2D eigenvalue weighted by Gasteiger charge is 2.21. The van der Waals surface area contributed by atoms with E-state index < -0.39 is 0 Å². The van der Waals surface area contributed by atoms with E-state index in [-0.39, 0.29) is 0 Å². The first-order chi connectivity index (χ1) is 27.3. The topological polar surface area (TPSA) is 8.17 Å². The standard InChI is InChI=1S/C52H34N2S/c1-2-16-40(17-3-1)54-48-24-8-6-19-44(48)46-22-11-21-43(51(46)54)39-15-10-18-42(34-39)53(49-25-12-23-47-45-20-7-9-26-50(45)55-52(47)49)41-31-29-36(30-32-41)38-28-27-35-13-4-5-14-37(35)33-38/h1-34H. The average Bonchev–Trinajstić information content (AvgIpc) is 3.81. The van der Waals surface area contributed by atoms with E-state index >= 15 is 0 Å². The first-order valence-electron chi connectivity index (χ1n) is 18.8. The summed E-state index contributed by atoms with van der Waals surface area (Å²) in [5, 5.41) is 7.59. The second kappa shape index (κ2) is 12.9. The molecule has 0 amide bonds. The summed E-state index contributed by atoms with van der Waals surface area (Å²) in [6, 6.07) is 75.2. The summed E-state index contributed by atoms with van der Waals surface area (Å²) in [6.07, 6.45) is 0. The van der Waals surface area contributed by atoms with Gasteiger partial charge in [-0.3, -0.25) is 0 Å². The molecule has 258 valence electrons. The summed E-state index contributed by atoms with van der Waals surface area (Å²) in [4.78, 5) is 2.44. The number of fused-ring (bicyclic) bond motifs is 7. The molecule has 0 unspecified atom stereocenters. The molecule has 55 heavy (non-hydrogen) atoms. The molecule has 0 aliphatic carbocycles. The Bertz CT molecular complexity index is 3210. The van der Waals surface area contributed by atoms with Gasteiger partial charge in [-0.1, -0.05) is 146 Å². The van der Waals surface area contributed by atoms with Crippen molar-refractivity contribution < 1.29 is 0 Å². The van der Waals surface area contributed by atoms with Crippen molar-refractivity contribution in [2.45, 2.75) is 0 Å². The molecule has 2 aromatic heterocycles. The van der Waals surface area contributed by atoms with Gasteiger partial charge in [0.1, 0.15) is 0 Å². The zero-order valence-corrected chi connectivity index (χ0v) is 30.7. The van der Waals surface area contributed by atoms with Gasteiger partial charge in [0.15, 0.2) is 0 Å². The van der Waals surface area contributed by atoms with Gasteiger partial charge in [0.25, 0.3) is 0 Å². The van der Waals surface area contributed by atoms with Crippen LogP contribution >= 0.6 is 11.3 Å². The molecule has 0 aliphatic heterocycles. The maximum Gasteiger partial charge on any atom is 0.0640 e. The number of hydrogen-bond donors (Lipinski definition) is 0. The molecule has 11 aromatic rings. The molecule has 0 saturated heterocycles. The lowest BCUT2D eigenvalue weighted by molar-refractivity contribution is 1.18. The van der Waals surface area contributed by atoms with Gasteiger partial charge in [-0.05, 0) is 88.1 Å². The van der Waals surface area contributed by atoms with Gasteiger partial charge >= 0.3 is 0 Å². The van der Waals surface area contributed by atoms with Crippen molar-refractivity contribution in [1.82, 2.24) is 4.57 Å². The van der Waals surface area contributed by atoms with E-state index in [1.54, 1.807) is 0 Å². The van der Waals surface area contributed by atoms with Crippen molar-refractivity contribution in [1.29, 1.82) is 0 Å². The van der Waals surface area contributed by atoms with Gasteiger partial charge < -0.3 is 9.47 Å². The second-order valence-electron chi connectivity index (χ2n) is 14.1. The maximum absolute atomic E-state index is 2.44. The monoisotopic (exact) mass is 718 g/mol. The number of thiophene rings is 1. The smallest absolute Gasteiger partial charge is 0.0640 e. The van der Waals surface area contributed by atoms with Crippen LogP contribution in [-0.4, -0.2) is 4.57 Å². The first-order valence-corrected chi connectivity index (χ1v) is 19.6. The summed E-state index contributed by atoms with van der Waals surface area (Å²) in [5.74, 6) is 0. The Balaban J connectivity index is 1.11. The van der Waals surface area contributed by atoms with Gasteiger partial charge in [0.05, 0.1) is 21.4 Å². The summed E-state index contributed by atoms with van der Waals surface area (Å²) < 4.78 is 5.00. The first kappa shape index (κ1) is 31.6. The Kier molecular flexibility index (Phi) is 7.39. The highest BCUT2D eigenvalue weighted by molar-refractivity contribution is 7.26. The lowest BCUT2D eigenvalue weighted by atomic mass is 10.00. The largest absolute Gasteiger partial charge is 0.309 e. The van der Waals surface area contributed by atoms with Crippen LogP contribution in [0.3, 0.4) is 0 Å². The Morgan fingerprint density at radius 2 is 1.09 bits per heavy atom. The van der Waals surface area contributed by atoms with Gasteiger partial charge in [-0.2, -0.15) is 0 Å². The van der Waals surface area contributed by atoms with Gasteiger partial charge in [-0.15, -0.1) is 11.3 Å². The number of nitrogens with zero attached hydrogens (tertiary/aromatic N) is 2. The van der Waals surface area contributed by atoms with Crippen LogP contribution in [0, 0.1) is 0 Å². The number of hydrogen-bond acceptors (Lipinski definition) is 2. The molecule has 0 saturated carbocycles. The van der Waals surface area contributed by atoms with Crippen LogP contribution in [0.4, 0.5) is 17.1 Å². The molecule has 0 spiro atoms. The van der Waals surface area contributed by atoms with E-state index in [1.807, 2.05) is 11.3 Å². The van der Waals surface area contributed by atoms with E-state index in [9.17, 15) is 0 Å². The summed E-state index contributed by atoms with van der Waals surface area (Å²) in [7, 11) is 0. The highest BCUT2D eigenvalue weighted by atomic mass is 32.1. The summed E-state index contributed by atoms with van der Waals surface area (Å²) in [6.45, 7) is 0. The SMILES string of the molecule is c1ccc(-n2c3ccccc3c3cccc(-c4cccc(N(c5ccc(-c6ccc7ccccc7c6)cc5)c5cccc6c5sc5ccccc56)c4)c32)cc1. The molecular formula is C52H34N2S. The number of para-hydroxylation sites is 3. The third kappa shape index (κ3) is 5.24. The third-order valence-corrected chi connectivity index (χ3v) is 12.2. The normalized spacial score (nSPS) is 11.6. The predicted octanol–water partition coefficient (Wildman–Crippen LogP) is 15.1. The predicted molar refractivity (Wildman–Crippen MR) is 237 cm³/mol. The third-order valence-electron chi connectivity index (χ3n) is 11.0. The van der Waals surface area contributed by atoms with Crippen molar-refractivity contribution in [3.05, 3.63) is 206 Å². The highest BCUT2D eigenvalue weighted by Crippen LogP contribution is 2.46. The van der Waals surface area contributed by atoms with Crippen LogP contribution in [0.5, 0.6) is 0 Å². The fourth-order valence-electron chi connectivity index (χ4n) is 8.42. The molecule has 3 heteroatoms. The Hall–Kier alpha value is -6.94. The van der Waals surface area contributed by atoms with Crippen molar-refractivity contribution in [3.63, 3.8) is 0 Å². The Labute approximate surface area is 323 Å². The Morgan fingerprint density at radius 1 is 0.400 bits per heavy atom. The van der Waals surface area contributed by atoms with Gasteiger partial charge in [0.2, 0.25) is 0 Å². The lowest BCUT2D eigenvalue weighted by Crippen LogP contribution is -2.10. The number of rotatable bonds is 6. The second-order valence-corrected chi connectivity index (χ2v) is 15.2. The fraction of sp³-hybridized carbons (Fsp3) is 0. The molecule has 0 atom stereocenters. The van der Waals surface area contributed by atoms with Crippen LogP contribution in [0.25, 0.3) is 80.7 Å². The number of anilines is 3. The molecule has 0 aliphatic rings. The number of benzene rings is 9. The van der Waals surface area contributed by atoms with Crippen LogP contribution in [0.1, 0.15) is 0 Å². The molecular weight excluding hydrogens is 685 g/mol. The van der Waals surface area contributed by atoms with Crippen molar-refractivity contribution in [2.75, 3.05) is 4.90 Å². The lowest BCUT2D eigenvalue weighted by Gasteiger charge is -2.27. The van der Waals surface area contributed by atoms with E-state index in [0.29, 0.717) is 0 Å². The van der Waals surface area contributed by atoms with E-state index in [2.05, 4.69) is 216 Å². The average molecular weight is 719 g/mol. The zero-order valence-electron chi connectivity index (χ0n) is 29.9. The zero-order chi connectivity index (χ0) is 36.3. The van der Waals surface area contributed by atoms with Crippen LogP contribution in [-0.2, 0) is 0 Å². The van der Waals surface area contributed by atoms with Crippen LogP contribution in [0.15, 0.2) is 206 Å². The minimum absolute atomic E-state index is 1.11. The molecule has 0 bridgehead atoms. The quantitative estimate of drug-likeness (QED) is 0.166. The van der Waals surface area contributed by atoms with Gasteiger partial charge in [-0.25, -0.2) is 0 Å². The summed E-state index contributed by atoms with van der Waals surface area (Å²) in [5.41, 5.74) is 11.8. The van der Waals surface area contributed by atoms with Crippen LogP contribution < -0.4 is 4.90 Å². The molecule has 0 N–H and O–H groups in total. The minimum atomic E-state index is 1.11. The van der Waals surface area contributed by atoms with Crippen molar-refractivity contribution >= 4 is 81.1 Å². The fourth-order valence-corrected chi connectivity index (χ4v) is 9.62. The maximum atomic E-state index is 2.44. The molecule has 0 fully saturated rings. The Morgan fingerprint density at radius 3 is 1.98 bits per heavy atom. The summed E-state index contributed by atoms with van der Waals surface area (Å²) >= 11 is 1.87. The molecule has 2 nitrogen and oxygen atoms in total. The van der Waals surface area contributed by atoms with Crippen molar-refractivity contribution in [3.8, 4) is 27.9 Å². The van der Waals surface area contributed by atoms with E-state index in [1.165, 1.54) is 80.7 Å². The number of aromatic nitrogens is 1. The van der Waals surface area contributed by atoms with E-state index in [4.69, 9.17) is 0 Å². The molecule has 2 heterocycles.